The molecule has 0 N–H and O–H groups in total. The number of pyridine rings is 1. The van der Waals surface area contributed by atoms with Crippen LogP contribution in [0.25, 0.3) is 0 Å². The Labute approximate surface area is 143 Å². The van der Waals surface area contributed by atoms with Crippen LogP contribution in [0.1, 0.15) is 23.2 Å². The number of aromatic nitrogens is 1. The molecular weight excluding hydrogens is 334 g/mol. The van der Waals surface area contributed by atoms with E-state index in [0.717, 1.165) is 0 Å². The minimum absolute atomic E-state index is 0.00437. The zero-order valence-electron chi connectivity index (χ0n) is 13.6. The third kappa shape index (κ3) is 4.72. The number of rotatable bonds is 7. The summed E-state index contributed by atoms with van der Waals surface area (Å²) in [7, 11) is 2.54. The molecular formula is C17H16F2N2O4. The van der Waals surface area contributed by atoms with Gasteiger partial charge < -0.3 is 14.3 Å². The van der Waals surface area contributed by atoms with E-state index in [1.54, 1.807) is 24.3 Å². The maximum Gasteiger partial charge on any atom is 0.360 e. The Morgan fingerprint density at radius 1 is 1.16 bits per heavy atom. The van der Waals surface area contributed by atoms with Crippen LogP contribution in [0.3, 0.4) is 0 Å². The van der Waals surface area contributed by atoms with Gasteiger partial charge in [-0.3, -0.25) is 0 Å². The SMILES string of the molecule is CO/N=C(/C(=O)OC)c1ccccc1COc1cccc(C(F)F)n1. The lowest BCUT2D eigenvalue weighted by molar-refractivity contribution is -0.132. The summed E-state index contributed by atoms with van der Waals surface area (Å²) in [5.74, 6) is -0.622. The van der Waals surface area contributed by atoms with Crippen LogP contribution in [0.2, 0.25) is 0 Å². The Kier molecular flexibility index (Phi) is 6.39. The van der Waals surface area contributed by atoms with Gasteiger partial charge in [0, 0.05) is 11.6 Å². The van der Waals surface area contributed by atoms with Gasteiger partial charge in [-0.2, -0.15) is 0 Å². The van der Waals surface area contributed by atoms with E-state index in [4.69, 9.17) is 14.3 Å². The highest BCUT2D eigenvalue weighted by Crippen LogP contribution is 2.20. The van der Waals surface area contributed by atoms with Gasteiger partial charge in [0.2, 0.25) is 5.88 Å². The number of ether oxygens (including phenoxy) is 2. The number of carbonyl (C=O) groups is 1. The molecule has 2 aromatic rings. The lowest BCUT2D eigenvalue weighted by atomic mass is 10.0. The van der Waals surface area contributed by atoms with Crippen LogP contribution < -0.4 is 4.74 Å². The van der Waals surface area contributed by atoms with E-state index >= 15 is 0 Å². The monoisotopic (exact) mass is 350 g/mol. The van der Waals surface area contributed by atoms with Gasteiger partial charge in [-0.25, -0.2) is 18.6 Å². The molecule has 0 atom stereocenters. The van der Waals surface area contributed by atoms with E-state index < -0.39 is 12.4 Å². The number of alkyl halides is 2. The summed E-state index contributed by atoms with van der Waals surface area (Å²) in [6, 6.07) is 10.9. The third-order valence-electron chi connectivity index (χ3n) is 3.18. The average Bonchev–Trinajstić information content (AvgIpc) is 2.64. The first-order valence-corrected chi connectivity index (χ1v) is 7.22. The Morgan fingerprint density at radius 3 is 2.60 bits per heavy atom. The molecule has 8 heteroatoms. The van der Waals surface area contributed by atoms with E-state index in [-0.39, 0.29) is 23.9 Å². The van der Waals surface area contributed by atoms with E-state index in [9.17, 15) is 13.6 Å². The van der Waals surface area contributed by atoms with Crippen LogP contribution in [0, 0.1) is 0 Å². The second-order valence-electron chi connectivity index (χ2n) is 4.76. The summed E-state index contributed by atoms with van der Waals surface area (Å²) in [6.45, 7) is -0.00437. The first-order valence-electron chi connectivity index (χ1n) is 7.22. The molecule has 6 nitrogen and oxygen atoms in total. The number of halogens is 2. The maximum absolute atomic E-state index is 12.7. The maximum atomic E-state index is 12.7. The smallest absolute Gasteiger partial charge is 0.360 e. The summed E-state index contributed by atoms with van der Waals surface area (Å²) >= 11 is 0. The van der Waals surface area contributed by atoms with Crippen molar-refractivity contribution in [3.63, 3.8) is 0 Å². The summed E-state index contributed by atoms with van der Waals surface area (Å²) in [4.78, 5) is 20.3. The minimum Gasteiger partial charge on any atom is -0.473 e. The summed E-state index contributed by atoms with van der Waals surface area (Å²) < 4.78 is 35.6. The minimum atomic E-state index is -2.68. The third-order valence-corrected chi connectivity index (χ3v) is 3.18. The number of hydrogen-bond acceptors (Lipinski definition) is 6. The van der Waals surface area contributed by atoms with E-state index in [1.807, 2.05) is 0 Å². The quantitative estimate of drug-likeness (QED) is 0.436. The van der Waals surface area contributed by atoms with Gasteiger partial charge in [0.05, 0.1) is 7.11 Å². The number of nitrogens with zero attached hydrogens (tertiary/aromatic N) is 2. The van der Waals surface area contributed by atoms with Crippen LogP contribution >= 0.6 is 0 Å². The second-order valence-corrected chi connectivity index (χ2v) is 4.76. The Bertz CT molecular complexity index is 766. The number of esters is 1. The van der Waals surface area contributed by atoms with Crippen molar-refractivity contribution in [2.24, 2.45) is 5.16 Å². The van der Waals surface area contributed by atoms with Crippen LogP contribution in [0.4, 0.5) is 8.78 Å². The lowest BCUT2D eigenvalue weighted by Crippen LogP contribution is -2.19. The zero-order chi connectivity index (χ0) is 18.2. The first kappa shape index (κ1) is 18.3. The normalized spacial score (nSPS) is 11.3. The van der Waals surface area contributed by atoms with Crippen molar-refractivity contribution in [1.29, 1.82) is 0 Å². The highest BCUT2D eigenvalue weighted by atomic mass is 19.3. The van der Waals surface area contributed by atoms with Crippen molar-refractivity contribution in [2.45, 2.75) is 13.0 Å². The predicted octanol–water partition coefficient (Wildman–Crippen LogP) is 3.12. The lowest BCUT2D eigenvalue weighted by Gasteiger charge is -2.11. The molecule has 0 saturated heterocycles. The van der Waals surface area contributed by atoms with Gasteiger partial charge in [0.1, 0.15) is 19.4 Å². The largest absolute Gasteiger partial charge is 0.473 e. The van der Waals surface area contributed by atoms with Gasteiger partial charge in [0.15, 0.2) is 5.71 Å². The fourth-order valence-corrected chi connectivity index (χ4v) is 2.05. The molecule has 0 aliphatic rings. The van der Waals surface area contributed by atoms with Crippen LogP contribution in [-0.4, -0.2) is 30.9 Å². The van der Waals surface area contributed by atoms with E-state index in [0.29, 0.717) is 11.1 Å². The standard InChI is InChI=1S/C17H16F2N2O4/c1-23-17(22)15(21-24-2)12-7-4-3-6-11(12)10-25-14-9-5-8-13(20-14)16(18)19/h3-9,16H,10H2,1-2H3/b21-15+. The molecule has 1 aromatic heterocycles. The van der Waals surface area contributed by atoms with Gasteiger partial charge >= 0.3 is 5.97 Å². The molecule has 1 aromatic carbocycles. The van der Waals surface area contributed by atoms with Gasteiger partial charge in [-0.15, -0.1) is 0 Å². The van der Waals surface area contributed by atoms with Crippen LogP contribution in [0.5, 0.6) is 5.88 Å². The number of benzene rings is 1. The second kappa shape index (κ2) is 8.72. The van der Waals surface area contributed by atoms with Gasteiger partial charge in [-0.1, -0.05) is 35.5 Å². The first-order chi connectivity index (χ1) is 12.1. The van der Waals surface area contributed by atoms with E-state index in [2.05, 4.69) is 10.1 Å². The number of carbonyl (C=O) groups excluding carboxylic acids is 1. The molecule has 0 aliphatic heterocycles. The number of oxime groups is 1. The van der Waals surface area contributed by atoms with Crippen LogP contribution in [-0.2, 0) is 21.0 Å². The summed E-state index contributed by atoms with van der Waals surface area (Å²) in [5, 5.41) is 3.69. The molecule has 132 valence electrons. The molecule has 0 unspecified atom stereocenters. The molecule has 0 amide bonds. The van der Waals surface area contributed by atoms with Gasteiger partial charge in [-0.05, 0) is 11.6 Å². The van der Waals surface area contributed by atoms with Crippen molar-refractivity contribution in [2.75, 3.05) is 14.2 Å². The number of methoxy groups -OCH3 is 1. The number of hydrogen-bond donors (Lipinski definition) is 0. The molecule has 0 aliphatic carbocycles. The molecule has 0 spiro atoms. The fourth-order valence-electron chi connectivity index (χ4n) is 2.05. The molecule has 1 heterocycles. The Morgan fingerprint density at radius 2 is 1.92 bits per heavy atom. The Hall–Kier alpha value is -3.03. The fraction of sp³-hybridized carbons (Fsp3) is 0.235. The van der Waals surface area contributed by atoms with Crippen LogP contribution in [0.15, 0.2) is 47.6 Å². The molecule has 2 rings (SSSR count). The summed E-state index contributed by atoms with van der Waals surface area (Å²) in [6.07, 6.45) is -2.68. The van der Waals surface area contributed by atoms with Crippen molar-refractivity contribution < 1.29 is 27.9 Å². The molecule has 0 fully saturated rings. The van der Waals surface area contributed by atoms with E-state index in [1.165, 1.54) is 32.4 Å². The molecule has 0 radical (unpaired) electrons. The molecule has 0 bridgehead atoms. The zero-order valence-corrected chi connectivity index (χ0v) is 13.6. The van der Waals surface area contributed by atoms with Crippen molar-refractivity contribution in [3.05, 3.63) is 59.3 Å². The highest BCUT2D eigenvalue weighted by molar-refractivity contribution is 6.43. The highest BCUT2D eigenvalue weighted by Gasteiger charge is 2.19. The predicted molar refractivity (Wildman–Crippen MR) is 85.5 cm³/mol. The molecule has 0 saturated carbocycles. The summed E-state index contributed by atoms with van der Waals surface area (Å²) in [5.41, 5.74) is 0.634. The van der Waals surface area contributed by atoms with Gasteiger partial charge in [0.25, 0.3) is 6.43 Å². The molecule has 25 heavy (non-hydrogen) atoms. The van der Waals surface area contributed by atoms with Crippen molar-refractivity contribution in [3.8, 4) is 5.88 Å². The Balaban J connectivity index is 2.25. The van der Waals surface area contributed by atoms with Crippen molar-refractivity contribution in [1.82, 2.24) is 4.98 Å². The van der Waals surface area contributed by atoms with Crippen molar-refractivity contribution >= 4 is 11.7 Å². The average molecular weight is 350 g/mol. The topological polar surface area (TPSA) is 70.0 Å².